The van der Waals surface area contributed by atoms with Gasteiger partial charge in [0, 0.05) is 13.6 Å². The van der Waals surface area contributed by atoms with Crippen molar-refractivity contribution >= 4 is 6.09 Å². The molecule has 106 valence electrons. The number of carbonyl (C=O) groups is 1. The van der Waals surface area contributed by atoms with Crippen LogP contribution in [-0.2, 0) is 17.9 Å². The topological polar surface area (TPSA) is 53.3 Å². The largest absolute Gasteiger partial charge is 0.445 e. The molecule has 4 nitrogen and oxygen atoms in total. The van der Waals surface area contributed by atoms with E-state index in [-0.39, 0.29) is 12.7 Å². The van der Waals surface area contributed by atoms with Crippen LogP contribution in [0, 0.1) is 11.3 Å². The lowest BCUT2D eigenvalue weighted by Crippen LogP contribution is -2.26. The van der Waals surface area contributed by atoms with E-state index in [0.717, 1.165) is 11.1 Å². The molecular formula is C17H16N2O2. The normalized spacial score (nSPS) is 9.71. The molecular weight excluding hydrogens is 264 g/mol. The van der Waals surface area contributed by atoms with Crippen LogP contribution in [0.5, 0.6) is 0 Å². The van der Waals surface area contributed by atoms with Crippen molar-refractivity contribution in [2.75, 3.05) is 7.05 Å². The number of nitriles is 1. The molecule has 0 aliphatic heterocycles. The van der Waals surface area contributed by atoms with Gasteiger partial charge in [0.2, 0.25) is 0 Å². The second-order valence-electron chi connectivity index (χ2n) is 4.70. The molecule has 0 saturated heterocycles. The van der Waals surface area contributed by atoms with Crippen LogP contribution in [0.1, 0.15) is 16.7 Å². The average Bonchev–Trinajstić information content (AvgIpc) is 2.54. The number of rotatable bonds is 4. The van der Waals surface area contributed by atoms with Gasteiger partial charge in [-0.15, -0.1) is 0 Å². The zero-order valence-electron chi connectivity index (χ0n) is 11.8. The summed E-state index contributed by atoms with van der Waals surface area (Å²) in [5, 5.41) is 8.74. The Hall–Kier alpha value is -2.80. The van der Waals surface area contributed by atoms with Gasteiger partial charge < -0.3 is 9.64 Å². The molecule has 0 aliphatic rings. The maximum absolute atomic E-state index is 11.9. The Labute approximate surface area is 124 Å². The van der Waals surface area contributed by atoms with Crippen molar-refractivity contribution in [3.05, 3.63) is 71.3 Å². The summed E-state index contributed by atoms with van der Waals surface area (Å²) in [6, 6.07) is 18.8. The fraction of sp³-hybridized carbons (Fsp3) is 0.176. The highest BCUT2D eigenvalue weighted by Crippen LogP contribution is 2.08. The second-order valence-corrected chi connectivity index (χ2v) is 4.70. The molecule has 0 radical (unpaired) electrons. The minimum atomic E-state index is -0.372. The summed E-state index contributed by atoms with van der Waals surface area (Å²) in [5.41, 5.74) is 2.51. The SMILES string of the molecule is CN(Cc1ccc(C#N)cc1)C(=O)OCc1ccccc1. The highest BCUT2D eigenvalue weighted by atomic mass is 16.6. The maximum atomic E-state index is 11.9. The molecule has 4 heteroatoms. The van der Waals surface area contributed by atoms with Crippen molar-refractivity contribution in [1.82, 2.24) is 4.90 Å². The average molecular weight is 280 g/mol. The molecule has 0 atom stereocenters. The molecule has 0 bridgehead atoms. The Morgan fingerprint density at radius 3 is 2.38 bits per heavy atom. The van der Waals surface area contributed by atoms with Crippen molar-refractivity contribution in [2.45, 2.75) is 13.2 Å². The van der Waals surface area contributed by atoms with Crippen LogP contribution in [0.2, 0.25) is 0 Å². The van der Waals surface area contributed by atoms with Gasteiger partial charge in [-0.2, -0.15) is 5.26 Å². The van der Waals surface area contributed by atoms with E-state index < -0.39 is 0 Å². The molecule has 2 aromatic rings. The van der Waals surface area contributed by atoms with E-state index in [4.69, 9.17) is 10.00 Å². The summed E-state index contributed by atoms with van der Waals surface area (Å²) in [5.74, 6) is 0. The zero-order chi connectivity index (χ0) is 15.1. The quantitative estimate of drug-likeness (QED) is 0.863. The molecule has 0 unspecified atom stereocenters. The van der Waals surface area contributed by atoms with Crippen molar-refractivity contribution < 1.29 is 9.53 Å². The van der Waals surface area contributed by atoms with Crippen LogP contribution in [-0.4, -0.2) is 18.0 Å². The number of benzene rings is 2. The fourth-order valence-electron chi connectivity index (χ4n) is 1.85. The molecule has 1 amide bonds. The van der Waals surface area contributed by atoms with Crippen LogP contribution in [0.15, 0.2) is 54.6 Å². The predicted molar refractivity (Wildman–Crippen MR) is 79.3 cm³/mol. The Kier molecular flexibility index (Phi) is 4.94. The van der Waals surface area contributed by atoms with E-state index in [1.54, 1.807) is 19.2 Å². The third-order valence-corrected chi connectivity index (χ3v) is 3.02. The summed E-state index contributed by atoms with van der Waals surface area (Å²) in [4.78, 5) is 13.4. The molecule has 0 saturated carbocycles. The lowest BCUT2D eigenvalue weighted by molar-refractivity contribution is 0.103. The Balaban J connectivity index is 1.86. The predicted octanol–water partition coefficient (Wildman–Crippen LogP) is 3.33. The summed E-state index contributed by atoms with van der Waals surface area (Å²) < 4.78 is 5.24. The highest BCUT2D eigenvalue weighted by Gasteiger charge is 2.10. The van der Waals surface area contributed by atoms with E-state index in [1.807, 2.05) is 42.5 Å². The summed E-state index contributed by atoms with van der Waals surface area (Å²) in [7, 11) is 1.69. The molecule has 21 heavy (non-hydrogen) atoms. The molecule has 0 aliphatic carbocycles. The van der Waals surface area contributed by atoms with Crippen molar-refractivity contribution in [2.24, 2.45) is 0 Å². The van der Waals surface area contributed by atoms with Crippen LogP contribution in [0.3, 0.4) is 0 Å². The van der Waals surface area contributed by atoms with E-state index in [1.165, 1.54) is 4.90 Å². The van der Waals surface area contributed by atoms with E-state index in [0.29, 0.717) is 12.1 Å². The van der Waals surface area contributed by atoms with Crippen LogP contribution >= 0.6 is 0 Å². The first-order chi connectivity index (χ1) is 10.2. The molecule has 2 rings (SSSR count). The van der Waals surface area contributed by atoms with E-state index >= 15 is 0 Å². The number of ether oxygens (including phenoxy) is 1. The van der Waals surface area contributed by atoms with Crippen LogP contribution in [0.25, 0.3) is 0 Å². The van der Waals surface area contributed by atoms with Crippen molar-refractivity contribution in [3.8, 4) is 6.07 Å². The fourth-order valence-corrected chi connectivity index (χ4v) is 1.85. The molecule has 2 aromatic carbocycles. The molecule has 0 N–H and O–H groups in total. The van der Waals surface area contributed by atoms with Gasteiger partial charge in [0.25, 0.3) is 0 Å². The van der Waals surface area contributed by atoms with Gasteiger partial charge in [-0.25, -0.2) is 4.79 Å². The lowest BCUT2D eigenvalue weighted by atomic mass is 10.1. The summed E-state index contributed by atoms with van der Waals surface area (Å²) in [6.07, 6.45) is -0.372. The van der Waals surface area contributed by atoms with Crippen molar-refractivity contribution in [1.29, 1.82) is 5.26 Å². The zero-order valence-corrected chi connectivity index (χ0v) is 11.8. The smallest absolute Gasteiger partial charge is 0.410 e. The minimum Gasteiger partial charge on any atom is -0.445 e. The van der Waals surface area contributed by atoms with Gasteiger partial charge in [-0.3, -0.25) is 0 Å². The van der Waals surface area contributed by atoms with Crippen molar-refractivity contribution in [3.63, 3.8) is 0 Å². The third kappa shape index (κ3) is 4.36. The monoisotopic (exact) mass is 280 g/mol. The molecule has 0 spiro atoms. The first-order valence-electron chi connectivity index (χ1n) is 6.60. The first kappa shape index (κ1) is 14.6. The lowest BCUT2D eigenvalue weighted by Gasteiger charge is -2.17. The maximum Gasteiger partial charge on any atom is 0.410 e. The summed E-state index contributed by atoms with van der Waals surface area (Å²) in [6.45, 7) is 0.705. The number of hydrogen-bond acceptors (Lipinski definition) is 3. The van der Waals surface area contributed by atoms with Gasteiger partial charge in [0.1, 0.15) is 6.61 Å². The molecule has 0 heterocycles. The van der Waals surface area contributed by atoms with Crippen LogP contribution in [0.4, 0.5) is 4.79 Å². The number of nitrogens with zero attached hydrogens (tertiary/aromatic N) is 2. The second kappa shape index (κ2) is 7.11. The van der Waals surface area contributed by atoms with Gasteiger partial charge in [-0.1, -0.05) is 42.5 Å². The van der Waals surface area contributed by atoms with E-state index in [2.05, 4.69) is 6.07 Å². The minimum absolute atomic E-state index is 0.261. The number of carbonyl (C=O) groups excluding carboxylic acids is 1. The van der Waals surface area contributed by atoms with Gasteiger partial charge in [0.05, 0.1) is 11.6 Å². The highest BCUT2D eigenvalue weighted by molar-refractivity contribution is 5.67. The Morgan fingerprint density at radius 1 is 1.10 bits per heavy atom. The molecule has 0 fully saturated rings. The number of hydrogen-bond donors (Lipinski definition) is 0. The standard InChI is InChI=1S/C17H16N2O2/c1-19(12-15-9-7-14(11-18)8-10-15)17(20)21-13-16-5-3-2-4-6-16/h2-10H,12-13H2,1H3. The van der Waals surface area contributed by atoms with Gasteiger partial charge in [-0.05, 0) is 23.3 Å². The van der Waals surface area contributed by atoms with Gasteiger partial charge in [0.15, 0.2) is 0 Å². The molecule has 0 aromatic heterocycles. The first-order valence-corrected chi connectivity index (χ1v) is 6.60. The van der Waals surface area contributed by atoms with Gasteiger partial charge >= 0.3 is 6.09 Å². The third-order valence-electron chi connectivity index (χ3n) is 3.02. The van der Waals surface area contributed by atoms with Crippen LogP contribution < -0.4 is 0 Å². The van der Waals surface area contributed by atoms with E-state index in [9.17, 15) is 4.79 Å². The Morgan fingerprint density at radius 2 is 1.76 bits per heavy atom. The summed E-state index contributed by atoms with van der Waals surface area (Å²) >= 11 is 0. The Bertz CT molecular complexity index is 630. The number of amides is 1.